The summed E-state index contributed by atoms with van der Waals surface area (Å²) < 4.78 is 43.9. The SMILES string of the molecule is CNC1COCc2nc(C#CC3(C(F)(F)F)CC3)ccc21. The van der Waals surface area contributed by atoms with Crippen molar-refractivity contribution in [2.75, 3.05) is 13.7 Å². The maximum atomic E-state index is 12.8. The zero-order valence-corrected chi connectivity index (χ0v) is 11.5. The molecule has 21 heavy (non-hydrogen) atoms. The van der Waals surface area contributed by atoms with Crippen molar-refractivity contribution >= 4 is 0 Å². The molecule has 1 aliphatic heterocycles. The number of nitrogens with zero attached hydrogens (tertiary/aromatic N) is 1. The lowest BCUT2D eigenvalue weighted by Crippen LogP contribution is -2.27. The molecule has 1 N–H and O–H groups in total. The molecule has 3 nitrogen and oxygen atoms in total. The zero-order chi connectivity index (χ0) is 15.1. The fourth-order valence-corrected chi connectivity index (χ4v) is 2.40. The molecule has 2 heterocycles. The van der Waals surface area contributed by atoms with Gasteiger partial charge in [-0.05, 0) is 37.4 Å². The topological polar surface area (TPSA) is 34.1 Å². The van der Waals surface area contributed by atoms with E-state index in [0.717, 1.165) is 11.3 Å². The van der Waals surface area contributed by atoms with Gasteiger partial charge in [0.2, 0.25) is 0 Å². The predicted octanol–water partition coefficient (Wildman–Crippen LogP) is 2.57. The zero-order valence-electron chi connectivity index (χ0n) is 11.5. The average Bonchev–Trinajstić information content (AvgIpc) is 3.25. The fourth-order valence-electron chi connectivity index (χ4n) is 2.40. The second-order valence-corrected chi connectivity index (χ2v) is 5.42. The Morgan fingerprint density at radius 1 is 1.38 bits per heavy atom. The van der Waals surface area contributed by atoms with Crippen molar-refractivity contribution in [3.05, 3.63) is 29.1 Å². The molecule has 1 saturated carbocycles. The van der Waals surface area contributed by atoms with E-state index in [-0.39, 0.29) is 18.9 Å². The molecule has 0 aromatic carbocycles. The molecular weight excluding hydrogens is 281 g/mol. The molecule has 2 aliphatic rings. The number of fused-ring (bicyclic) bond motifs is 1. The maximum absolute atomic E-state index is 12.8. The summed E-state index contributed by atoms with van der Waals surface area (Å²) in [4.78, 5) is 4.32. The summed E-state index contributed by atoms with van der Waals surface area (Å²) in [6, 6.07) is 3.60. The van der Waals surface area contributed by atoms with E-state index in [1.165, 1.54) is 0 Å². The molecule has 1 aromatic rings. The third kappa shape index (κ3) is 2.63. The molecule has 6 heteroatoms. The van der Waals surface area contributed by atoms with Crippen LogP contribution < -0.4 is 5.32 Å². The van der Waals surface area contributed by atoms with Crippen LogP contribution in [0.3, 0.4) is 0 Å². The third-order valence-corrected chi connectivity index (χ3v) is 3.98. The quantitative estimate of drug-likeness (QED) is 0.809. The first-order valence-corrected chi connectivity index (χ1v) is 6.80. The van der Waals surface area contributed by atoms with E-state index in [1.807, 2.05) is 13.1 Å². The standard InChI is InChI=1S/C15H15F3N2O/c1-19-12-8-21-9-13-11(12)3-2-10(20-13)4-5-14(6-7-14)15(16,17)18/h2-3,12,19H,6-9H2,1H3. The Labute approximate surface area is 120 Å². The second kappa shape index (κ2) is 5.00. The molecule has 0 amide bonds. The lowest BCUT2D eigenvalue weighted by Gasteiger charge is -2.24. The first kappa shape index (κ1) is 14.4. The molecule has 112 valence electrons. The molecule has 1 aromatic heterocycles. The molecule has 3 rings (SSSR count). The van der Waals surface area contributed by atoms with Crippen LogP contribution in [0.4, 0.5) is 13.2 Å². The Morgan fingerprint density at radius 3 is 2.76 bits per heavy atom. The monoisotopic (exact) mass is 296 g/mol. The van der Waals surface area contributed by atoms with Gasteiger partial charge in [-0.25, -0.2) is 4.98 Å². The molecule has 0 radical (unpaired) electrons. The summed E-state index contributed by atoms with van der Waals surface area (Å²) in [6.45, 7) is 0.931. The lowest BCUT2D eigenvalue weighted by atomic mass is 10.0. The number of likely N-dealkylation sites (N-methyl/N-ethyl adjacent to an activating group) is 1. The van der Waals surface area contributed by atoms with Crippen molar-refractivity contribution < 1.29 is 17.9 Å². The molecule has 0 bridgehead atoms. The van der Waals surface area contributed by atoms with E-state index in [1.54, 1.807) is 6.07 Å². The summed E-state index contributed by atoms with van der Waals surface area (Å²) in [5.41, 5.74) is 0.314. The highest BCUT2D eigenvalue weighted by atomic mass is 19.4. The van der Waals surface area contributed by atoms with E-state index >= 15 is 0 Å². The minimum Gasteiger partial charge on any atom is -0.373 e. The van der Waals surface area contributed by atoms with Crippen LogP contribution in [0, 0.1) is 17.3 Å². The summed E-state index contributed by atoms with van der Waals surface area (Å²) in [6.07, 6.45) is -4.09. The summed E-state index contributed by atoms with van der Waals surface area (Å²) in [5, 5.41) is 3.12. The number of pyridine rings is 1. The van der Waals surface area contributed by atoms with Crippen molar-refractivity contribution in [1.29, 1.82) is 0 Å². The van der Waals surface area contributed by atoms with Gasteiger partial charge in [0.1, 0.15) is 11.1 Å². The van der Waals surface area contributed by atoms with Gasteiger partial charge < -0.3 is 10.1 Å². The molecule has 1 aliphatic carbocycles. The van der Waals surface area contributed by atoms with E-state index in [2.05, 4.69) is 22.1 Å². The van der Waals surface area contributed by atoms with Crippen molar-refractivity contribution in [3.8, 4) is 11.8 Å². The molecule has 0 spiro atoms. The third-order valence-electron chi connectivity index (χ3n) is 3.98. The predicted molar refractivity (Wildman–Crippen MR) is 70.3 cm³/mol. The summed E-state index contributed by atoms with van der Waals surface area (Å²) in [5.74, 6) is 4.94. The van der Waals surface area contributed by atoms with Gasteiger partial charge in [-0.2, -0.15) is 13.2 Å². The normalized spacial score (nSPS) is 23.0. The first-order chi connectivity index (χ1) is 9.95. The van der Waals surface area contributed by atoms with Gasteiger partial charge in [0.05, 0.1) is 24.9 Å². The van der Waals surface area contributed by atoms with Crippen LogP contribution in [0.5, 0.6) is 0 Å². The van der Waals surface area contributed by atoms with Gasteiger partial charge in [-0.3, -0.25) is 0 Å². The number of hydrogen-bond donors (Lipinski definition) is 1. The van der Waals surface area contributed by atoms with Gasteiger partial charge in [0, 0.05) is 0 Å². The van der Waals surface area contributed by atoms with Crippen molar-refractivity contribution in [2.24, 2.45) is 5.41 Å². The Balaban J connectivity index is 1.86. The molecule has 0 saturated heterocycles. The minimum absolute atomic E-state index is 0.0632. The highest BCUT2D eigenvalue weighted by molar-refractivity contribution is 5.37. The Bertz CT molecular complexity index is 612. The number of halogens is 3. The highest BCUT2D eigenvalue weighted by Crippen LogP contribution is 2.57. The number of ether oxygens (including phenoxy) is 1. The van der Waals surface area contributed by atoms with E-state index in [0.29, 0.717) is 18.9 Å². The smallest absolute Gasteiger partial charge is 0.373 e. The van der Waals surface area contributed by atoms with Crippen LogP contribution >= 0.6 is 0 Å². The number of aromatic nitrogens is 1. The molecular formula is C15H15F3N2O. The fraction of sp³-hybridized carbons (Fsp3) is 0.533. The Hall–Kier alpha value is -1.58. The van der Waals surface area contributed by atoms with Crippen LogP contribution in [-0.2, 0) is 11.3 Å². The van der Waals surface area contributed by atoms with Crippen LogP contribution in [0.1, 0.15) is 35.8 Å². The van der Waals surface area contributed by atoms with E-state index in [4.69, 9.17) is 4.74 Å². The van der Waals surface area contributed by atoms with E-state index < -0.39 is 11.6 Å². The number of alkyl halides is 3. The van der Waals surface area contributed by atoms with Crippen LogP contribution in [0.15, 0.2) is 12.1 Å². The largest absolute Gasteiger partial charge is 0.405 e. The number of hydrogen-bond acceptors (Lipinski definition) is 3. The van der Waals surface area contributed by atoms with Gasteiger partial charge in [-0.15, -0.1) is 0 Å². The average molecular weight is 296 g/mol. The molecule has 1 atom stereocenters. The molecule has 1 unspecified atom stereocenters. The van der Waals surface area contributed by atoms with E-state index in [9.17, 15) is 13.2 Å². The summed E-state index contributed by atoms with van der Waals surface area (Å²) >= 11 is 0. The Morgan fingerprint density at radius 2 is 2.14 bits per heavy atom. The molecule has 1 fully saturated rings. The minimum atomic E-state index is -4.26. The number of nitrogens with one attached hydrogen (secondary N) is 1. The van der Waals surface area contributed by atoms with Crippen LogP contribution in [0.25, 0.3) is 0 Å². The lowest BCUT2D eigenvalue weighted by molar-refractivity contribution is -0.168. The maximum Gasteiger partial charge on any atom is 0.405 e. The van der Waals surface area contributed by atoms with Crippen molar-refractivity contribution in [2.45, 2.75) is 31.7 Å². The van der Waals surface area contributed by atoms with Gasteiger partial charge >= 0.3 is 6.18 Å². The highest BCUT2D eigenvalue weighted by Gasteiger charge is 2.62. The Kier molecular flexibility index (Phi) is 3.42. The van der Waals surface area contributed by atoms with Gasteiger partial charge in [0.15, 0.2) is 0 Å². The van der Waals surface area contributed by atoms with Gasteiger partial charge in [0.25, 0.3) is 0 Å². The second-order valence-electron chi connectivity index (χ2n) is 5.42. The van der Waals surface area contributed by atoms with Crippen LogP contribution in [-0.4, -0.2) is 24.8 Å². The van der Waals surface area contributed by atoms with Gasteiger partial charge in [-0.1, -0.05) is 12.0 Å². The summed E-state index contributed by atoms with van der Waals surface area (Å²) in [7, 11) is 1.83. The van der Waals surface area contributed by atoms with Crippen LogP contribution in [0.2, 0.25) is 0 Å². The number of rotatable bonds is 1. The first-order valence-electron chi connectivity index (χ1n) is 6.80. The van der Waals surface area contributed by atoms with Crippen molar-refractivity contribution in [3.63, 3.8) is 0 Å². The van der Waals surface area contributed by atoms with Crippen molar-refractivity contribution in [1.82, 2.24) is 10.3 Å².